The first-order valence-electron chi connectivity index (χ1n) is 5.48. The second-order valence-electron chi connectivity index (χ2n) is 4.22. The summed E-state index contributed by atoms with van der Waals surface area (Å²) in [7, 11) is 3.75. The highest BCUT2D eigenvalue weighted by atomic mass is 79.9. The first-order chi connectivity index (χ1) is 8.56. The first-order valence-corrected chi connectivity index (χ1v) is 6.27. The minimum absolute atomic E-state index is 0.648. The number of hydrogen-bond acceptors (Lipinski definition) is 3. The maximum Gasteiger partial charge on any atom is 0.136 e. The molecule has 0 atom stereocenters. The second kappa shape index (κ2) is 3.84. The highest BCUT2D eigenvalue weighted by Gasteiger charge is 2.10. The molecule has 6 heteroatoms. The van der Waals surface area contributed by atoms with E-state index in [1.165, 1.54) is 0 Å². The smallest absolute Gasteiger partial charge is 0.136 e. The van der Waals surface area contributed by atoms with Crippen LogP contribution < -0.4 is 5.73 Å². The molecule has 5 nitrogen and oxygen atoms in total. The van der Waals surface area contributed by atoms with Gasteiger partial charge in [0.1, 0.15) is 10.4 Å². The maximum absolute atomic E-state index is 5.80. The van der Waals surface area contributed by atoms with Crippen molar-refractivity contribution in [1.29, 1.82) is 0 Å². The van der Waals surface area contributed by atoms with Crippen molar-refractivity contribution in [2.75, 3.05) is 5.73 Å². The fourth-order valence-corrected chi connectivity index (χ4v) is 2.56. The van der Waals surface area contributed by atoms with Crippen molar-refractivity contribution in [2.24, 2.45) is 14.1 Å². The molecule has 3 rings (SSSR count). The van der Waals surface area contributed by atoms with Gasteiger partial charge in [-0.25, -0.2) is 0 Å². The van der Waals surface area contributed by atoms with Gasteiger partial charge in [-0.05, 0) is 28.1 Å². The highest BCUT2D eigenvalue weighted by molar-refractivity contribution is 9.10. The third kappa shape index (κ3) is 1.60. The molecule has 0 saturated carbocycles. The predicted octanol–water partition coefficient (Wildman–Crippen LogP) is 2.32. The molecular formula is C12H12BrN5. The van der Waals surface area contributed by atoms with E-state index in [0.29, 0.717) is 5.82 Å². The quantitative estimate of drug-likeness (QED) is 0.750. The zero-order chi connectivity index (χ0) is 12.9. The lowest BCUT2D eigenvalue weighted by Gasteiger charge is -1.98. The third-order valence-electron chi connectivity index (χ3n) is 3.02. The molecule has 0 unspecified atom stereocenters. The minimum atomic E-state index is 0.648. The van der Waals surface area contributed by atoms with Crippen LogP contribution in [0.3, 0.4) is 0 Å². The maximum atomic E-state index is 5.80. The Morgan fingerprint density at radius 2 is 1.89 bits per heavy atom. The number of anilines is 1. The number of nitrogens with zero attached hydrogens (tertiary/aromatic N) is 4. The summed E-state index contributed by atoms with van der Waals surface area (Å²) in [6.07, 6.45) is 0. The molecule has 0 saturated heterocycles. The Hall–Kier alpha value is -1.82. The van der Waals surface area contributed by atoms with E-state index >= 15 is 0 Å². The number of rotatable bonds is 1. The number of benzene rings is 1. The van der Waals surface area contributed by atoms with Crippen LogP contribution in [0.15, 0.2) is 28.9 Å². The van der Waals surface area contributed by atoms with Gasteiger partial charge >= 0.3 is 0 Å². The Morgan fingerprint density at radius 1 is 1.11 bits per heavy atom. The molecule has 0 radical (unpaired) electrons. The van der Waals surface area contributed by atoms with Crippen molar-refractivity contribution in [3.05, 3.63) is 28.9 Å². The summed E-state index contributed by atoms with van der Waals surface area (Å²) < 4.78 is 4.35. The molecule has 0 fully saturated rings. The van der Waals surface area contributed by atoms with E-state index in [-0.39, 0.29) is 0 Å². The van der Waals surface area contributed by atoms with E-state index in [4.69, 9.17) is 5.73 Å². The van der Waals surface area contributed by atoms with Crippen LogP contribution in [0.2, 0.25) is 0 Å². The molecule has 92 valence electrons. The molecule has 0 bridgehead atoms. The van der Waals surface area contributed by atoms with Gasteiger partial charge in [0.25, 0.3) is 0 Å². The molecule has 2 heterocycles. The van der Waals surface area contributed by atoms with Gasteiger partial charge in [0, 0.05) is 31.1 Å². The monoisotopic (exact) mass is 305 g/mol. The van der Waals surface area contributed by atoms with Gasteiger partial charge < -0.3 is 5.73 Å². The summed E-state index contributed by atoms with van der Waals surface area (Å²) in [5.74, 6) is 0.648. The van der Waals surface area contributed by atoms with Crippen LogP contribution in [0.1, 0.15) is 0 Å². The van der Waals surface area contributed by atoms with Crippen LogP contribution >= 0.6 is 15.9 Å². The first kappa shape index (κ1) is 11.3. The third-order valence-corrected chi connectivity index (χ3v) is 3.60. The largest absolute Gasteiger partial charge is 0.384 e. The lowest BCUT2D eigenvalue weighted by Crippen LogP contribution is -1.96. The van der Waals surface area contributed by atoms with Gasteiger partial charge in [0.2, 0.25) is 0 Å². The van der Waals surface area contributed by atoms with Gasteiger partial charge in [0.05, 0.1) is 11.2 Å². The molecule has 0 amide bonds. The van der Waals surface area contributed by atoms with Crippen LogP contribution in [0, 0.1) is 0 Å². The Balaban J connectivity index is 2.21. The van der Waals surface area contributed by atoms with E-state index in [0.717, 1.165) is 26.8 Å². The molecule has 3 aromatic rings. The molecule has 0 aliphatic carbocycles. The molecule has 18 heavy (non-hydrogen) atoms. The predicted molar refractivity (Wildman–Crippen MR) is 75.0 cm³/mol. The molecule has 1 aromatic carbocycles. The van der Waals surface area contributed by atoms with Crippen molar-refractivity contribution in [1.82, 2.24) is 19.6 Å². The minimum Gasteiger partial charge on any atom is -0.384 e. The van der Waals surface area contributed by atoms with E-state index in [1.54, 1.807) is 4.68 Å². The topological polar surface area (TPSA) is 61.7 Å². The number of aromatic nitrogens is 4. The zero-order valence-electron chi connectivity index (χ0n) is 10.1. The number of halogens is 1. The second-order valence-corrected chi connectivity index (χ2v) is 4.98. The van der Waals surface area contributed by atoms with Crippen molar-refractivity contribution in [3.63, 3.8) is 0 Å². The van der Waals surface area contributed by atoms with Crippen LogP contribution in [0.4, 0.5) is 5.82 Å². The van der Waals surface area contributed by atoms with E-state index < -0.39 is 0 Å². The van der Waals surface area contributed by atoms with E-state index in [1.807, 2.05) is 37.0 Å². The SMILES string of the molecule is Cn1nc(-c2ccc3c(c2)c(Br)nn3C)cc1N. The lowest BCUT2D eigenvalue weighted by atomic mass is 10.1. The number of nitrogen functional groups attached to an aromatic ring is 1. The van der Waals surface area contributed by atoms with Crippen molar-refractivity contribution < 1.29 is 0 Å². The van der Waals surface area contributed by atoms with Crippen LogP contribution in [-0.4, -0.2) is 19.6 Å². The summed E-state index contributed by atoms with van der Waals surface area (Å²) in [4.78, 5) is 0. The van der Waals surface area contributed by atoms with E-state index in [2.05, 4.69) is 32.2 Å². The zero-order valence-corrected chi connectivity index (χ0v) is 11.6. The summed E-state index contributed by atoms with van der Waals surface area (Å²) in [6.45, 7) is 0. The normalized spacial score (nSPS) is 11.3. The fourth-order valence-electron chi connectivity index (χ4n) is 2.00. The summed E-state index contributed by atoms with van der Waals surface area (Å²) >= 11 is 3.46. The fraction of sp³-hybridized carbons (Fsp3) is 0.167. The Bertz CT molecular complexity index is 721. The number of nitrogens with two attached hydrogens (primary N) is 1. The standard InChI is InChI=1S/C12H12BrN5/c1-17-10-4-3-7(5-8(10)12(13)16-17)9-6-11(14)18(2)15-9/h3-6H,14H2,1-2H3. The summed E-state index contributed by atoms with van der Waals surface area (Å²) in [6, 6.07) is 7.99. The van der Waals surface area contributed by atoms with Gasteiger partial charge in [-0.2, -0.15) is 10.2 Å². The molecule has 0 aliphatic heterocycles. The van der Waals surface area contributed by atoms with Crippen molar-refractivity contribution in [2.45, 2.75) is 0 Å². The lowest BCUT2D eigenvalue weighted by molar-refractivity contribution is 0.782. The van der Waals surface area contributed by atoms with Crippen molar-refractivity contribution >= 4 is 32.7 Å². The van der Waals surface area contributed by atoms with Gasteiger partial charge in [-0.15, -0.1) is 0 Å². The van der Waals surface area contributed by atoms with E-state index in [9.17, 15) is 0 Å². The average molecular weight is 306 g/mol. The Morgan fingerprint density at radius 3 is 2.56 bits per heavy atom. The van der Waals surface area contributed by atoms with Gasteiger partial charge in [-0.1, -0.05) is 6.07 Å². The number of hydrogen-bond donors (Lipinski definition) is 1. The van der Waals surface area contributed by atoms with Crippen LogP contribution in [-0.2, 0) is 14.1 Å². The van der Waals surface area contributed by atoms with Gasteiger partial charge in [-0.3, -0.25) is 9.36 Å². The molecular weight excluding hydrogens is 294 g/mol. The Kier molecular flexibility index (Phi) is 2.41. The average Bonchev–Trinajstić information content (AvgIpc) is 2.81. The summed E-state index contributed by atoms with van der Waals surface area (Å²) in [5, 5.41) is 9.77. The van der Waals surface area contributed by atoms with Crippen LogP contribution in [0.25, 0.3) is 22.2 Å². The summed E-state index contributed by atoms with van der Waals surface area (Å²) in [5.41, 5.74) is 8.78. The number of fused-ring (bicyclic) bond motifs is 1. The molecule has 0 aliphatic rings. The number of aryl methyl sites for hydroxylation is 2. The van der Waals surface area contributed by atoms with Crippen LogP contribution in [0.5, 0.6) is 0 Å². The highest BCUT2D eigenvalue weighted by Crippen LogP contribution is 2.28. The van der Waals surface area contributed by atoms with Crippen molar-refractivity contribution in [3.8, 4) is 11.3 Å². The Labute approximate surface area is 112 Å². The van der Waals surface area contributed by atoms with Gasteiger partial charge in [0.15, 0.2) is 0 Å². The molecule has 0 spiro atoms. The molecule has 2 aromatic heterocycles. The molecule has 2 N–H and O–H groups in total.